The normalized spacial score (nSPS) is 11.0. The quantitative estimate of drug-likeness (QED) is 0.619. The Kier molecular flexibility index (Phi) is 6.39. The first-order valence-corrected chi connectivity index (χ1v) is 7.89. The van der Waals surface area contributed by atoms with E-state index in [9.17, 15) is 4.79 Å². The molecule has 0 saturated carbocycles. The minimum Gasteiger partial charge on any atom is -0.494 e. The second-order valence-electron chi connectivity index (χ2n) is 5.17. The highest BCUT2D eigenvalue weighted by atomic mass is 16.5. The third-order valence-electron chi connectivity index (χ3n) is 3.55. The fourth-order valence-corrected chi connectivity index (χ4v) is 2.20. The largest absolute Gasteiger partial charge is 0.494 e. The van der Waals surface area contributed by atoms with Crippen LogP contribution in [0.25, 0.3) is 0 Å². The van der Waals surface area contributed by atoms with Crippen molar-refractivity contribution in [1.29, 1.82) is 0 Å². The zero-order chi connectivity index (χ0) is 18.2. The van der Waals surface area contributed by atoms with Gasteiger partial charge in [0.15, 0.2) is 11.5 Å². The van der Waals surface area contributed by atoms with E-state index in [1.54, 1.807) is 25.3 Å². The van der Waals surface area contributed by atoms with Crippen LogP contribution in [0.5, 0.6) is 17.2 Å². The lowest BCUT2D eigenvalue weighted by molar-refractivity contribution is 0.0954. The van der Waals surface area contributed by atoms with Crippen molar-refractivity contribution in [2.75, 3.05) is 20.8 Å². The van der Waals surface area contributed by atoms with Crippen LogP contribution in [-0.2, 0) is 0 Å². The maximum Gasteiger partial charge on any atom is 0.271 e. The Bertz CT molecular complexity index is 755. The van der Waals surface area contributed by atoms with E-state index in [0.29, 0.717) is 29.4 Å². The molecule has 0 aromatic heterocycles. The maximum absolute atomic E-state index is 12.3. The second-order valence-corrected chi connectivity index (χ2v) is 5.17. The van der Waals surface area contributed by atoms with Crippen molar-refractivity contribution < 1.29 is 19.0 Å². The summed E-state index contributed by atoms with van der Waals surface area (Å²) in [6.45, 7) is 4.38. The number of rotatable bonds is 7. The first-order valence-electron chi connectivity index (χ1n) is 7.89. The molecule has 0 aliphatic carbocycles. The molecule has 0 spiro atoms. The lowest BCUT2D eigenvalue weighted by Crippen LogP contribution is -2.19. The molecule has 0 saturated heterocycles. The third kappa shape index (κ3) is 4.73. The van der Waals surface area contributed by atoms with E-state index in [-0.39, 0.29) is 5.91 Å². The number of ether oxygens (including phenoxy) is 3. The summed E-state index contributed by atoms with van der Waals surface area (Å²) in [7, 11) is 3.07. The summed E-state index contributed by atoms with van der Waals surface area (Å²) >= 11 is 0. The Morgan fingerprint density at radius 2 is 1.64 bits per heavy atom. The van der Waals surface area contributed by atoms with Crippen LogP contribution in [0, 0.1) is 0 Å². The molecule has 2 aromatic rings. The first kappa shape index (κ1) is 18.3. The number of methoxy groups -OCH3 is 2. The van der Waals surface area contributed by atoms with Gasteiger partial charge in [-0.25, -0.2) is 5.43 Å². The average Bonchev–Trinajstić information content (AvgIpc) is 2.66. The lowest BCUT2D eigenvalue weighted by Gasteiger charge is -2.09. The van der Waals surface area contributed by atoms with Crippen LogP contribution in [0.15, 0.2) is 47.6 Å². The number of nitrogens with one attached hydrogen (secondary N) is 1. The van der Waals surface area contributed by atoms with Gasteiger partial charge in [0.05, 0.1) is 26.5 Å². The van der Waals surface area contributed by atoms with Crippen molar-refractivity contribution >= 4 is 11.6 Å². The average molecular weight is 342 g/mol. The second kappa shape index (κ2) is 8.73. The van der Waals surface area contributed by atoms with Gasteiger partial charge in [-0.05, 0) is 61.9 Å². The molecule has 0 fully saturated rings. The molecule has 1 amide bonds. The molecule has 6 nitrogen and oxygen atoms in total. The predicted octanol–water partition coefficient (Wildman–Crippen LogP) is 3.26. The van der Waals surface area contributed by atoms with Crippen LogP contribution in [-0.4, -0.2) is 32.4 Å². The molecule has 0 radical (unpaired) electrons. The molecule has 6 heteroatoms. The van der Waals surface area contributed by atoms with Crippen LogP contribution in [0.3, 0.4) is 0 Å². The molecule has 25 heavy (non-hydrogen) atoms. The van der Waals surface area contributed by atoms with Gasteiger partial charge in [0.2, 0.25) is 0 Å². The third-order valence-corrected chi connectivity index (χ3v) is 3.55. The lowest BCUT2D eigenvalue weighted by atomic mass is 10.1. The van der Waals surface area contributed by atoms with E-state index in [0.717, 1.165) is 11.3 Å². The zero-order valence-corrected chi connectivity index (χ0v) is 14.8. The minimum absolute atomic E-state index is 0.328. The molecular weight excluding hydrogens is 320 g/mol. The van der Waals surface area contributed by atoms with Gasteiger partial charge in [0.25, 0.3) is 5.91 Å². The zero-order valence-electron chi connectivity index (χ0n) is 14.8. The number of amides is 1. The monoisotopic (exact) mass is 342 g/mol. The van der Waals surface area contributed by atoms with Gasteiger partial charge in [-0.1, -0.05) is 0 Å². The highest BCUT2D eigenvalue weighted by molar-refractivity contribution is 6.01. The molecule has 1 N–H and O–H groups in total. The molecule has 0 aliphatic heterocycles. The Labute approximate surface area is 147 Å². The molecule has 0 unspecified atom stereocenters. The number of carbonyl (C=O) groups excluding carboxylic acids is 1. The summed E-state index contributed by atoms with van der Waals surface area (Å²) in [5.74, 6) is 1.52. The summed E-state index contributed by atoms with van der Waals surface area (Å²) in [4.78, 5) is 12.3. The molecular formula is C19H22N2O4. The number of benzene rings is 2. The number of hydrogen-bond acceptors (Lipinski definition) is 5. The first-order chi connectivity index (χ1) is 12.1. The Morgan fingerprint density at radius 3 is 2.24 bits per heavy atom. The summed E-state index contributed by atoms with van der Waals surface area (Å²) in [6, 6.07) is 12.5. The van der Waals surface area contributed by atoms with Crippen LogP contribution < -0.4 is 19.6 Å². The maximum atomic E-state index is 12.3. The van der Waals surface area contributed by atoms with Crippen molar-refractivity contribution in [2.45, 2.75) is 13.8 Å². The highest BCUT2D eigenvalue weighted by Gasteiger charge is 2.10. The standard InChI is InChI=1S/C19H22N2O4/c1-5-25-16-9-6-14(7-10-16)13(2)20-21-19(22)15-8-11-17(23-3)18(12-15)24-4/h6-12H,5H2,1-4H3,(H,21,22)/b20-13+. The summed E-state index contributed by atoms with van der Waals surface area (Å²) < 4.78 is 15.8. The van der Waals surface area contributed by atoms with Crippen molar-refractivity contribution in [2.24, 2.45) is 5.10 Å². The van der Waals surface area contributed by atoms with Crippen LogP contribution in [0.4, 0.5) is 0 Å². The van der Waals surface area contributed by atoms with Gasteiger partial charge in [0, 0.05) is 5.56 Å². The van der Waals surface area contributed by atoms with E-state index in [1.807, 2.05) is 38.1 Å². The topological polar surface area (TPSA) is 69.2 Å². The summed E-state index contributed by atoms with van der Waals surface area (Å²) in [5, 5.41) is 4.15. The van der Waals surface area contributed by atoms with E-state index in [4.69, 9.17) is 14.2 Å². The van der Waals surface area contributed by atoms with Crippen molar-refractivity contribution in [3.63, 3.8) is 0 Å². The number of hydrazone groups is 1. The molecule has 0 atom stereocenters. The van der Waals surface area contributed by atoms with Crippen LogP contribution in [0.2, 0.25) is 0 Å². The summed E-state index contributed by atoms with van der Waals surface area (Å²) in [6.07, 6.45) is 0. The van der Waals surface area contributed by atoms with Gasteiger partial charge in [-0.2, -0.15) is 5.10 Å². The minimum atomic E-state index is -0.328. The summed E-state index contributed by atoms with van der Waals surface area (Å²) in [5.41, 5.74) is 4.57. The van der Waals surface area contributed by atoms with Gasteiger partial charge in [-0.3, -0.25) is 4.79 Å². The van der Waals surface area contributed by atoms with Gasteiger partial charge >= 0.3 is 0 Å². The molecule has 0 heterocycles. The highest BCUT2D eigenvalue weighted by Crippen LogP contribution is 2.27. The fourth-order valence-electron chi connectivity index (χ4n) is 2.20. The molecule has 132 valence electrons. The number of nitrogens with zero attached hydrogens (tertiary/aromatic N) is 1. The van der Waals surface area contributed by atoms with E-state index in [2.05, 4.69) is 10.5 Å². The Morgan fingerprint density at radius 1 is 1.00 bits per heavy atom. The predicted molar refractivity (Wildman–Crippen MR) is 96.8 cm³/mol. The van der Waals surface area contributed by atoms with E-state index in [1.165, 1.54) is 7.11 Å². The smallest absolute Gasteiger partial charge is 0.271 e. The van der Waals surface area contributed by atoms with Crippen molar-refractivity contribution in [3.8, 4) is 17.2 Å². The molecule has 0 aliphatic rings. The van der Waals surface area contributed by atoms with Crippen molar-refractivity contribution in [1.82, 2.24) is 5.43 Å². The van der Waals surface area contributed by atoms with E-state index >= 15 is 0 Å². The van der Waals surface area contributed by atoms with Crippen molar-refractivity contribution in [3.05, 3.63) is 53.6 Å². The Hall–Kier alpha value is -3.02. The van der Waals surface area contributed by atoms with Crippen LogP contribution >= 0.6 is 0 Å². The number of hydrogen-bond donors (Lipinski definition) is 1. The molecule has 2 rings (SSSR count). The fraction of sp³-hybridized carbons (Fsp3) is 0.263. The Balaban J connectivity index is 2.08. The van der Waals surface area contributed by atoms with E-state index < -0.39 is 0 Å². The molecule has 0 bridgehead atoms. The molecule has 2 aromatic carbocycles. The number of carbonyl (C=O) groups is 1. The van der Waals surface area contributed by atoms with Gasteiger partial charge < -0.3 is 14.2 Å². The van der Waals surface area contributed by atoms with Gasteiger partial charge in [0.1, 0.15) is 5.75 Å². The SMILES string of the molecule is CCOc1ccc(/C(C)=N/NC(=O)c2ccc(OC)c(OC)c2)cc1. The van der Waals surface area contributed by atoms with Gasteiger partial charge in [-0.15, -0.1) is 0 Å². The van der Waals surface area contributed by atoms with Crippen LogP contribution in [0.1, 0.15) is 29.8 Å².